The van der Waals surface area contributed by atoms with Gasteiger partial charge in [0, 0.05) is 44.7 Å². The fourth-order valence-corrected chi connectivity index (χ4v) is 11.8. The van der Waals surface area contributed by atoms with Gasteiger partial charge in [-0.3, -0.25) is 0 Å². The molecule has 4 nitrogen and oxygen atoms in total. The lowest BCUT2D eigenvalue weighted by Gasteiger charge is -2.17. The molecule has 15 rings (SSSR count). The van der Waals surface area contributed by atoms with Crippen LogP contribution < -0.4 is 0 Å². The molecule has 1 aliphatic rings. The molecule has 0 bridgehead atoms. The molecule has 0 aliphatic carbocycles. The van der Waals surface area contributed by atoms with Gasteiger partial charge >= 0.3 is 0 Å². The summed E-state index contributed by atoms with van der Waals surface area (Å²) in [6.07, 6.45) is 2.65. The van der Waals surface area contributed by atoms with Gasteiger partial charge in [0.25, 0.3) is 0 Å². The summed E-state index contributed by atoms with van der Waals surface area (Å²) < 4.78 is 8.71. The van der Waals surface area contributed by atoms with Crippen LogP contribution in [0.2, 0.25) is 0 Å². The van der Waals surface area contributed by atoms with Crippen LogP contribution in [0, 0.1) is 0 Å². The summed E-state index contributed by atoms with van der Waals surface area (Å²) in [5.41, 5.74) is 22.5. The van der Waals surface area contributed by atoms with E-state index in [2.05, 4.69) is 265 Å². The van der Waals surface area contributed by atoms with E-state index in [1.54, 1.807) is 0 Å². The second-order valence-electron chi connectivity index (χ2n) is 20.1. The largest absolute Gasteiger partial charge is 0.456 e. The van der Waals surface area contributed by atoms with E-state index in [4.69, 9.17) is 14.4 Å². The molecule has 364 valence electrons. The standard InChI is InChI=1S/C74H47N3O/c1-3-18-48(19-4-1)52-38-42-60(65-45-53-22-7-8-23-56(53)58-24-9-10-25-59(58)65)64(44-52)49-34-36-50(37-35-49)67-29-17-30-68(76-74(75-67)51-20-5-2-6-21-51)55-39-41-57(54-40-43-73-66(46-54)63-28-13-16-33-72(63)78-73)71(47-55)77-69-31-14-11-26-61(69)62-27-12-15-32-70(62)77/h1-28,31-47H,29H2. The molecule has 0 unspecified atom stereocenters. The van der Waals surface area contributed by atoms with Crippen molar-refractivity contribution in [1.29, 1.82) is 0 Å². The molecule has 0 saturated heterocycles. The minimum absolute atomic E-state index is 0.559. The number of aromatic nitrogens is 1. The summed E-state index contributed by atoms with van der Waals surface area (Å²) in [6.45, 7) is 0. The smallest absolute Gasteiger partial charge is 0.160 e. The van der Waals surface area contributed by atoms with Crippen LogP contribution in [0.25, 0.3) is 121 Å². The minimum atomic E-state index is 0.559. The van der Waals surface area contributed by atoms with Crippen molar-refractivity contribution in [2.24, 2.45) is 9.98 Å². The van der Waals surface area contributed by atoms with Crippen molar-refractivity contribution in [2.45, 2.75) is 6.42 Å². The zero-order valence-corrected chi connectivity index (χ0v) is 42.4. The second-order valence-corrected chi connectivity index (χ2v) is 20.1. The monoisotopic (exact) mass is 993 g/mol. The average Bonchev–Trinajstić information content (AvgIpc) is 4.06. The molecular weight excluding hydrogens is 947 g/mol. The van der Waals surface area contributed by atoms with Crippen LogP contribution in [-0.2, 0) is 0 Å². The number of allylic oxidation sites excluding steroid dienone is 1. The Hall–Kier alpha value is -10.4. The number of aliphatic imine (C=N–C) groups is 2. The molecule has 3 heterocycles. The van der Waals surface area contributed by atoms with Gasteiger partial charge in [-0.1, -0.05) is 224 Å². The maximum absolute atomic E-state index is 6.30. The van der Waals surface area contributed by atoms with Crippen LogP contribution in [0.15, 0.2) is 293 Å². The van der Waals surface area contributed by atoms with E-state index in [0.717, 1.165) is 77.8 Å². The number of fused-ring (bicyclic) bond motifs is 9. The number of para-hydroxylation sites is 3. The van der Waals surface area contributed by atoms with Crippen molar-refractivity contribution >= 4 is 82.5 Å². The Morgan fingerprint density at radius 3 is 1.68 bits per heavy atom. The third-order valence-electron chi connectivity index (χ3n) is 15.5. The lowest BCUT2D eigenvalue weighted by atomic mass is 9.87. The third-order valence-corrected chi connectivity index (χ3v) is 15.5. The average molecular weight is 994 g/mol. The first-order valence-corrected chi connectivity index (χ1v) is 26.6. The van der Waals surface area contributed by atoms with Crippen LogP contribution in [0.5, 0.6) is 0 Å². The summed E-state index contributed by atoms with van der Waals surface area (Å²) in [7, 11) is 0. The van der Waals surface area contributed by atoms with Crippen LogP contribution in [0.1, 0.15) is 23.1 Å². The van der Waals surface area contributed by atoms with Crippen LogP contribution in [-0.4, -0.2) is 16.1 Å². The first kappa shape index (κ1) is 45.0. The molecule has 0 spiro atoms. The van der Waals surface area contributed by atoms with Crippen molar-refractivity contribution in [3.8, 4) is 50.2 Å². The Bertz CT molecular complexity index is 4780. The van der Waals surface area contributed by atoms with Gasteiger partial charge in [0.2, 0.25) is 0 Å². The summed E-state index contributed by atoms with van der Waals surface area (Å²) >= 11 is 0. The lowest BCUT2D eigenvalue weighted by molar-refractivity contribution is 0.669. The molecule has 1 aliphatic heterocycles. The van der Waals surface area contributed by atoms with Gasteiger partial charge in [-0.15, -0.1) is 0 Å². The number of nitrogens with zero attached hydrogens (tertiary/aromatic N) is 3. The number of amidine groups is 1. The predicted octanol–water partition coefficient (Wildman–Crippen LogP) is 19.5. The molecule has 0 N–H and O–H groups in total. The zero-order chi connectivity index (χ0) is 51.5. The molecular formula is C74H47N3O. The highest BCUT2D eigenvalue weighted by molar-refractivity contribution is 6.17. The maximum Gasteiger partial charge on any atom is 0.160 e. The van der Waals surface area contributed by atoms with Gasteiger partial charge < -0.3 is 8.98 Å². The third kappa shape index (κ3) is 7.78. The van der Waals surface area contributed by atoms with Gasteiger partial charge in [0.15, 0.2) is 5.84 Å². The highest BCUT2D eigenvalue weighted by Crippen LogP contribution is 2.43. The number of rotatable bonds is 8. The quantitative estimate of drug-likeness (QED) is 0.110. The van der Waals surface area contributed by atoms with Crippen LogP contribution in [0.3, 0.4) is 0 Å². The molecule has 0 fully saturated rings. The van der Waals surface area contributed by atoms with Gasteiger partial charge in [-0.2, -0.15) is 0 Å². The normalized spacial score (nSPS) is 12.8. The van der Waals surface area contributed by atoms with E-state index in [9.17, 15) is 0 Å². The summed E-state index contributed by atoms with van der Waals surface area (Å²) in [5.74, 6) is 0.631. The van der Waals surface area contributed by atoms with Gasteiger partial charge in [0.05, 0.1) is 22.4 Å². The molecule has 0 saturated carbocycles. The number of hydrogen-bond acceptors (Lipinski definition) is 3. The molecule has 2 aromatic heterocycles. The number of furan rings is 1. The molecule has 0 radical (unpaired) electrons. The summed E-state index contributed by atoms with van der Waals surface area (Å²) in [6, 6.07) is 95.6. The Labute approximate surface area is 451 Å². The Morgan fingerprint density at radius 2 is 0.910 bits per heavy atom. The summed E-state index contributed by atoms with van der Waals surface area (Å²) in [4.78, 5) is 10.9. The predicted molar refractivity (Wildman–Crippen MR) is 327 cm³/mol. The SMILES string of the molecule is C1=CCC(c2ccc(-c3cc(-c4ccccc4)ccc3-c3cc4ccccc4c4ccccc34)cc2)=NC(c2ccccc2)=NC=1c1ccc(-c2ccc3oc4ccccc4c3c2)c(-n2c3ccccc3c3ccccc32)c1. The number of benzene rings is 12. The van der Waals surface area contributed by atoms with Crippen molar-refractivity contribution in [3.63, 3.8) is 0 Å². The molecule has 0 atom stereocenters. The van der Waals surface area contributed by atoms with Crippen molar-refractivity contribution in [2.75, 3.05) is 0 Å². The van der Waals surface area contributed by atoms with Crippen molar-refractivity contribution < 1.29 is 4.42 Å². The summed E-state index contributed by atoms with van der Waals surface area (Å²) in [5, 5.41) is 9.55. The van der Waals surface area contributed by atoms with E-state index in [1.165, 1.54) is 60.1 Å². The zero-order valence-electron chi connectivity index (χ0n) is 42.4. The lowest BCUT2D eigenvalue weighted by Crippen LogP contribution is -2.08. The van der Waals surface area contributed by atoms with Crippen molar-refractivity contribution in [1.82, 2.24) is 4.57 Å². The van der Waals surface area contributed by atoms with E-state index < -0.39 is 0 Å². The van der Waals surface area contributed by atoms with Crippen molar-refractivity contribution in [3.05, 3.63) is 295 Å². The second kappa shape index (κ2) is 18.8. The Kier molecular flexibility index (Phi) is 10.8. The van der Waals surface area contributed by atoms with Gasteiger partial charge in [0.1, 0.15) is 16.9 Å². The van der Waals surface area contributed by atoms with E-state index >= 15 is 0 Å². The van der Waals surface area contributed by atoms with Crippen LogP contribution >= 0.6 is 0 Å². The molecule has 78 heavy (non-hydrogen) atoms. The van der Waals surface area contributed by atoms with E-state index in [1.807, 2.05) is 18.2 Å². The first-order valence-electron chi connectivity index (χ1n) is 26.6. The van der Waals surface area contributed by atoms with Gasteiger partial charge in [-0.05, 0) is 121 Å². The number of hydrogen-bond donors (Lipinski definition) is 0. The van der Waals surface area contributed by atoms with E-state index in [-0.39, 0.29) is 0 Å². The maximum atomic E-state index is 6.30. The highest BCUT2D eigenvalue weighted by Gasteiger charge is 2.21. The first-order chi connectivity index (χ1) is 38.7. The fourth-order valence-electron chi connectivity index (χ4n) is 11.8. The molecule has 4 heteroatoms. The van der Waals surface area contributed by atoms with Gasteiger partial charge in [-0.25, -0.2) is 9.98 Å². The Morgan fingerprint density at radius 1 is 0.333 bits per heavy atom. The molecule has 14 aromatic rings. The fraction of sp³-hybridized carbons (Fsp3) is 0.0135. The minimum Gasteiger partial charge on any atom is -0.456 e. The van der Waals surface area contributed by atoms with Crippen LogP contribution in [0.4, 0.5) is 0 Å². The topological polar surface area (TPSA) is 42.8 Å². The Balaban J connectivity index is 0.853. The molecule has 12 aromatic carbocycles. The highest BCUT2D eigenvalue weighted by atomic mass is 16.3. The molecule has 0 amide bonds. The van der Waals surface area contributed by atoms with E-state index in [0.29, 0.717) is 18.0 Å².